The number of hydrogen-bond acceptors (Lipinski definition) is 3. The molecule has 0 aliphatic carbocycles. The van der Waals surface area contributed by atoms with Crippen LogP contribution in [0.3, 0.4) is 0 Å². The van der Waals surface area contributed by atoms with E-state index in [0.29, 0.717) is 12.3 Å². The van der Waals surface area contributed by atoms with Crippen LogP contribution < -0.4 is 5.73 Å². The van der Waals surface area contributed by atoms with Gasteiger partial charge < -0.3 is 10.8 Å². The molecule has 2 nitrogen and oxygen atoms in total. The van der Waals surface area contributed by atoms with Gasteiger partial charge >= 0.3 is 0 Å². The Morgan fingerprint density at radius 2 is 2.23 bits per heavy atom. The summed E-state index contributed by atoms with van der Waals surface area (Å²) in [6, 6.07) is 5.64. The Morgan fingerprint density at radius 3 is 2.77 bits per heavy atom. The topological polar surface area (TPSA) is 46.2 Å². The first-order valence-electron chi connectivity index (χ1n) is 4.26. The second-order valence-corrected chi connectivity index (χ2v) is 3.94. The summed E-state index contributed by atoms with van der Waals surface area (Å²) < 4.78 is 0. The molecule has 13 heavy (non-hydrogen) atoms. The van der Waals surface area contributed by atoms with Crippen LogP contribution in [0.5, 0.6) is 5.75 Å². The van der Waals surface area contributed by atoms with Crippen molar-refractivity contribution in [1.29, 1.82) is 0 Å². The van der Waals surface area contributed by atoms with Crippen molar-refractivity contribution >= 4 is 11.8 Å². The fourth-order valence-electron chi connectivity index (χ4n) is 1.18. The summed E-state index contributed by atoms with van der Waals surface area (Å²) in [6.45, 7) is 2.57. The first-order valence-corrected chi connectivity index (χ1v) is 5.48. The van der Waals surface area contributed by atoms with E-state index in [0.717, 1.165) is 10.5 Å². The molecule has 1 atom stereocenters. The van der Waals surface area contributed by atoms with E-state index in [-0.39, 0.29) is 5.92 Å². The molecule has 0 saturated heterocycles. The second kappa shape index (κ2) is 4.53. The van der Waals surface area contributed by atoms with Gasteiger partial charge in [-0.1, -0.05) is 6.92 Å². The van der Waals surface area contributed by atoms with Gasteiger partial charge in [0.05, 0.1) is 0 Å². The monoisotopic (exact) mass is 197 g/mol. The SMILES string of the molecule is CSc1ccc(O)c(C(C)CN)c1. The first kappa shape index (κ1) is 10.4. The number of rotatable bonds is 3. The first-order chi connectivity index (χ1) is 6.19. The molecule has 3 heteroatoms. The predicted octanol–water partition coefficient (Wildman–Crippen LogP) is 2.18. The summed E-state index contributed by atoms with van der Waals surface area (Å²) in [6.07, 6.45) is 2.02. The zero-order valence-corrected chi connectivity index (χ0v) is 8.77. The van der Waals surface area contributed by atoms with Crippen molar-refractivity contribution < 1.29 is 5.11 Å². The highest BCUT2D eigenvalue weighted by atomic mass is 32.2. The van der Waals surface area contributed by atoms with Crippen molar-refractivity contribution in [3.05, 3.63) is 23.8 Å². The molecule has 1 aromatic rings. The fraction of sp³-hybridized carbons (Fsp3) is 0.400. The third-order valence-corrected chi connectivity index (χ3v) is 2.84. The van der Waals surface area contributed by atoms with Crippen LogP contribution in [0.15, 0.2) is 23.1 Å². The van der Waals surface area contributed by atoms with E-state index in [1.165, 1.54) is 0 Å². The third-order valence-electron chi connectivity index (χ3n) is 2.12. The average Bonchev–Trinajstić information content (AvgIpc) is 2.17. The number of hydrogen-bond donors (Lipinski definition) is 2. The summed E-state index contributed by atoms with van der Waals surface area (Å²) in [5.74, 6) is 0.558. The number of thioether (sulfide) groups is 1. The van der Waals surface area contributed by atoms with Crippen molar-refractivity contribution in [2.75, 3.05) is 12.8 Å². The normalized spacial score (nSPS) is 12.8. The van der Waals surface area contributed by atoms with Gasteiger partial charge in [-0.3, -0.25) is 0 Å². The highest BCUT2D eigenvalue weighted by Crippen LogP contribution is 2.29. The van der Waals surface area contributed by atoms with Gasteiger partial charge in [0.2, 0.25) is 0 Å². The maximum Gasteiger partial charge on any atom is 0.119 e. The van der Waals surface area contributed by atoms with Crippen LogP contribution in [-0.2, 0) is 0 Å². The summed E-state index contributed by atoms with van der Waals surface area (Å²) in [5, 5.41) is 9.57. The Morgan fingerprint density at radius 1 is 1.54 bits per heavy atom. The Kier molecular flexibility index (Phi) is 3.63. The quantitative estimate of drug-likeness (QED) is 0.730. The van der Waals surface area contributed by atoms with E-state index in [1.807, 2.05) is 25.3 Å². The highest BCUT2D eigenvalue weighted by molar-refractivity contribution is 7.98. The number of phenolic OH excluding ortho intramolecular Hbond substituents is 1. The molecular formula is C10H15NOS. The molecule has 0 radical (unpaired) electrons. The molecule has 1 unspecified atom stereocenters. The molecule has 1 rings (SSSR count). The van der Waals surface area contributed by atoms with Crippen LogP contribution in [0.25, 0.3) is 0 Å². The minimum absolute atomic E-state index is 0.215. The van der Waals surface area contributed by atoms with Crippen molar-refractivity contribution in [2.45, 2.75) is 17.7 Å². The van der Waals surface area contributed by atoms with Gasteiger partial charge in [-0.05, 0) is 42.5 Å². The molecular weight excluding hydrogens is 182 g/mol. The fourth-order valence-corrected chi connectivity index (χ4v) is 1.63. The molecule has 0 aromatic heterocycles. The summed E-state index contributed by atoms with van der Waals surface area (Å²) in [5.41, 5.74) is 6.49. The molecule has 0 amide bonds. The highest BCUT2D eigenvalue weighted by Gasteiger charge is 2.08. The van der Waals surface area contributed by atoms with Gasteiger partial charge in [0, 0.05) is 4.90 Å². The maximum atomic E-state index is 9.57. The molecule has 72 valence electrons. The minimum atomic E-state index is 0.215. The molecule has 0 saturated carbocycles. The number of aromatic hydroxyl groups is 1. The zero-order valence-electron chi connectivity index (χ0n) is 7.95. The molecule has 0 bridgehead atoms. The van der Waals surface area contributed by atoms with Gasteiger partial charge in [-0.25, -0.2) is 0 Å². The number of nitrogens with two attached hydrogens (primary N) is 1. The van der Waals surface area contributed by atoms with Crippen LogP contribution in [0.2, 0.25) is 0 Å². The Labute approximate surface area is 83.1 Å². The Balaban J connectivity index is 3.03. The minimum Gasteiger partial charge on any atom is -0.508 e. The van der Waals surface area contributed by atoms with Crippen molar-refractivity contribution in [2.24, 2.45) is 5.73 Å². The Bertz CT molecular complexity index is 288. The van der Waals surface area contributed by atoms with Gasteiger partial charge in [-0.15, -0.1) is 11.8 Å². The summed E-state index contributed by atoms with van der Waals surface area (Å²) in [7, 11) is 0. The van der Waals surface area contributed by atoms with E-state index < -0.39 is 0 Å². The van der Waals surface area contributed by atoms with Gasteiger partial charge in [-0.2, -0.15) is 0 Å². The molecule has 0 fully saturated rings. The smallest absolute Gasteiger partial charge is 0.119 e. The molecule has 1 aromatic carbocycles. The van der Waals surface area contributed by atoms with Crippen LogP contribution in [0.1, 0.15) is 18.4 Å². The van der Waals surface area contributed by atoms with Crippen LogP contribution in [-0.4, -0.2) is 17.9 Å². The Hall–Kier alpha value is -0.670. The molecule has 0 heterocycles. The zero-order chi connectivity index (χ0) is 9.84. The number of phenols is 1. The largest absolute Gasteiger partial charge is 0.508 e. The predicted molar refractivity (Wildman–Crippen MR) is 57.4 cm³/mol. The lowest BCUT2D eigenvalue weighted by Crippen LogP contribution is -2.08. The van der Waals surface area contributed by atoms with Crippen LogP contribution in [0, 0.1) is 0 Å². The summed E-state index contributed by atoms with van der Waals surface area (Å²) in [4.78, 5) is 1.16. The van der Waals surface area contributed by atoms with Crippen molar-refractivity contribution in [3.63, 3.8) is 0 Å². The second-order valence-electron chi connectivity index (χ2n) is 3.06. The van der Waals surface area contributed by atoms with E-state index in [2.05, 4.69) is 0 Å². The van der Waals surface area contributed by atoms with E-state index >= 15 is 0 Å². The summed E-state index contributed by atoms with van der Waals surface area (Å²) >= 11 is 1.67. The maximum absolute atomic E-state index is 9.57. The van der Waals surface area contributed by atoms with Crippen LogP contribution in [0.4, 0.5) is 0 Å². The molecule has 0 aliphatic rings. The lowest BCUT2D eigenvalue weighted by atomic mass is 10.0. The van der Waals surface area contributed by atoms with Crippen molar-refractivity contribution in [3.8, 4) is 5.75 Å². The van der Waals surface area contributed by atoms with Gasteiger partial charge in [0.25, 0.3) is 0 Å². The standard InChI is InChI=1S/C10H15NOS/c1-7(6-11)9-5-8(13-2)3-4-10(9)12/h3-5,7,12H,6,11H2,1-2H3. The van der Waals surface area contributed by atoms with E-state index in [1.54, 1.807) is 17.8 Å². The molecule has 0 aliphatic heterocycles. The van der Waals surface area contributed by atoms with E-state index in [4.69, 9.17) is 5.73 Å². The van der Waals surface area contributed by atoms with Gasteiger partial charge in [0.1, 0.15) is 5.75 Å². The lowest BCUT2D eigenvalue weighted by Gasteiger charge is -2.11. The number of benzene rings is 1. The molecule has 3 N–H and O–H groups in total. The van der Waals surface area contributed by atoms with Crippen molar-refractivity contribution in [1.82, 2.24) is 0 Å². The molecule has 0 spiro atoms. The van der Waals surface area contributed by atoms with Gasteiger partial charge in [0.15, 0.2) is 0 Å². The lowest BCUT2D eigenvalue weighted by molar-refractivity contribution is 0.462. The third kappa shape index (κ3) is 2.39. The van der Waals surface area contributed by atoms with Crippen LogP contribution >= 0.6 is 11.8 Å². The van der Waals surface area contributed by atoms with E-state index in [9.17, 15) is 5.11 Å². The average molecular weight is 197 g/mol.